The van der Waals surface area contributed by atoms with E-state index < -0.39 is 5.97 Å². The summed E-state index contributed by atoms with van der Waals surface area (Å²) in [6, 6.07) is 9.93. The van der Waals surface area contributed by atoms with Crippen molar-refractivity contribution >= 4 is 17.6 Å². The Morgan fingerprint density at radius 2 is 1.87 bits per heavy atom. The van der Waals surface area contributed by atoms with Crippen molar-refractivity contribution in [3.05, 3.63) is 47.3 Å². The summed E-state index contributed by atoms with van der Waals surface area (Å²) in [5.41, 5.74) is 1.85. The smallest absolute Gasteiger partial charge is 0.357 e. The van der Waals surface area contributed by atoms with Crippen molar-refractivity contribution in [1.29, 1.82) is 5.26 Å². The van der Waals surface area contributed by atoms with Gasteiger partial charge in [0, 0.05) is 19.7 Å². The molecule has 30 heavy (non-hydrogen) atoms. The fourth-order valence-electron chi connectivity index (χ4n) is 2.96. The Labute approximate surface area is 177 Å². The second-order valence-corrected chi connectivity index (χ2v) is 7.98. The van der Waals surface area contributed by atoms with Gasteiger partial charge in [-0.3, -0.25) is 4.79 Å². The normalized spacial score (nSPS) is 10.9. The zero-order valence-corrected chi connectivity index (χ0v) is 18.2. The number of aromatic nitrogens is 1. The number of nitrogens with one attached hydrogen (secondary N) is 1. The molecular formula is C23H29N3O4. The zero-order valence-electron chi connectivity index (χ0n) is 18.2. The summed E-state index contributed by atoms with van der Waals surface area (Å²) < 4.78 is 12.2. The van der Waals surface area contributed by atoms with Gasteiger partial charge in [-0.15, -0.1) is 0 Å². The molecule has 0 bridgehead atoms. The van der Waals surface area contributed by atoms with Gasteiger partial charge in [-0.1, -0.05) is 32.9 Å². The number of amides is 1. The molecule has 0 saturated carbocycles. The maximum atomic E-state index is 12.4. The lowest BCUT2D eigenvalue weighted by atomic mass is 9.87. The minimum atomic E-state index is -0.584. The second-order valence-electron chi connectivity index (χ2n) is 7.98. The molecule has 1 heterocycles. The number of ether oxygens (including phenoxy) is 2. The van der Waals surface area contributed by atoms with E-state index in [1.54, 1.807) is 14.0 Å². The number of esters is 1. The Balaban J connectivity index is 1.91. The van der Waals surface area contributed by atoms with Crippen LogP contribution in [-0.4, -0.2) is 29.7 Å². The summed E-state index contributed by atoms with van der Waals surface area (Å²) in [5, 5.41) is 12.0. The van der Waals surface area contributed by atoms with Crippen molar-refractivity contribution in [3.8, 4) is 11.8 Å². The molecule has 1 aromatic carbocycles. The molecule has 0 fully saturated rings. The molecule has 7 nitrogen and oxygen atoms in total. The third-order valence-corrected chi connectivity index (χ3v) is 4.57. The Morgan fingerprint density at radius 3 is 2.43 bits per heavy atom. The van der Waals surface area contributed by atoms with Crippen molar-refractivity contribution in [1.82, 2.24) is 4.57 Å². The average molecular weight is 412 g/mol. The lowest BCUT2D eigenvalue weighted by molar-refractivity contribution is -0.116. The average Bonchev–Trinajstić information content (AvgIpc) is 3.00. The Kier molecular flexibility index (Phi) is 7.65. The van der Waals surface area contributed by atoms with Crippen molar-refractivity contribution in [2.75, 3.05) is 18.5 Å². The van der Waals surface area contributed by atoms with Crippen LogP contribution in [0.3, 0.4) is 0 Å². The minimum Gasteiger partial charge on any atom is -0.494 e. The van der Waals surface area contributed by atoms with Gasteiger partial charge in [0.2, 0.25) is 5.91 Å². The number of hydrogen-bond acceptors (Lipinski definition) is 5. The van der Waals surface area contributed by atoms with Gasteiger partial charge in [0.1, 0.15) is 11.8 Å². The van der Waals surface area contributed by atoms with E-state index in [2.05, 4.69) is 26.1 Å². The van der Waals surface area contributed by atoms with Crippen LogP contribution < -0.4 is 10.1 Å². The maximum absolute atomic E-state index is 12.4. The van der Waals surface area contributed by atoms with Crippen LogP contribution in [-0.2, 0) is 22.0 Å². The molecule has 0 aliphatic heterocycles. The number of benzene rings is 1. The van der Waals surface area contributed by atoms with Gasteiger partial charge in [-0.25, -0.2) is 4.79 Å². The van der Waals surface area contributed by atoms with E-state index in [1.165, 1.54) is 16.3 Å². The number of anilines is 1. The first-order chi connectivity index (χ1) is 14.2. The van der Waals surface area contributed by atoms with Crippen molar-refractivity contribution in [2.24, 2.45) is 7.05 Å². The van der Waals surface area contributed by atoms with E-state index in [0.29, 0.717) is 13.0 Å². The third-order valence-electron chi connectivity index (χ3n) is 4.57. The maximum Gasteiger partial charge on any atom is 0.357 e. The summed E-state index contributed by atoms with van der Waals surface area (Å²) in [6.45, 7) is 8.74. The van der Waals surface area contributed by atoms with Crippen LogP contribution in [0, 0.1) is 11.3 Å². The number of rotatable bonds is 8. The Bertz CT molecular complexity index is 931. The van der Waals surface area contributed by atoms with Crippen LogP contribution in [0.4, 0.5) is 5.69 Å². The van der Waals surface area contributed by atoms with Gasteiger partial charge in [0.15, 0.2) is 5.69 Å². The van der Waals surface area contributed by atoms with Crippen LogP contribution in [0.15, 0.2) is 30.5 Å². The fourth-order valence-corrected chi connectivity index (χ4v) is 2.96. The lowest BCUT2D eigenvalue weighted by Crippen LogP contribution is -2.17. The first kappa shape index (κ1) is 23.0. The van der Waals surface area contributed by atoms with Crippen LogP contribution in [0.5, 0.6) is 5.75 Å². The Hall–Kier alpha value is -3.27. The van der Waals surface area contributed by atoms with Crippen LogP contribution in [0.1, 0.15) is 62.2 Å². The van der Waals surface area contributed by atoms with Gasteiger partial charge in [0.05, 0.1) is 24.5 Å². The summed E-state index contributed by atoms with van der Waals surface area (Å²) in [4.78, 5) is 24.5. The van der Waals surface area contributed by atoms with E-state index >= 15 is 0 Å². The molecule has 1 amide bonds. The first-order valence-electron chi connectivity index (χ1n) is 9.97. The number of carbonyl (C=O) groups is 2. The van der Waals surface area contributed by atoms with E-state index in [-0.39, 0.29) is 41.3 Å². The van der Waals surface area contributed by atoms with Crippen LogP contribution in [0.2, 0.25) is 0 Å². The third kappa shape index (κ3) is 5.86. The second kappa shape index (κ2) is 9.97. The molecule has 7 heteroatoms. The van der Waals surface area contributed by atoms with Crippen LogP contribution in [0.25, 0.3) is 0 Å². The Morgan fingerprint density at radius 1 is 1.20 bits per heavy atom. The molecule has 0 aliphatic carbocycles. The van der Waals surface area contributed by atoms with Crippen molar-refractivity contribution in [3.63, 3.8) is 0 Å². The summed E-state index contributed by atoms with van der Waals surface area (Å²) in [6.07, 6.45) is 2.19. The highest BCUT2D eigenvalue weighted by molar-refractivity contribution is 6.02. The molecule has 0 atom stereocenters. The number of carbonyl (C=O) groups excluding carboxylic acids is 2. The SMILES string of the molecule is CCOC(=O)c1c(NC(=O)CCCOc2ccc(C(C)(C)C)cc2)c(C#N)cn1C. The summed E-state index contributed by atoms with van der Waals surface area (Å²) in [5.74, 6) is -0.128. The summed E-state index contributed by atoms with van der Waals surface area (Å²) in [7, 11) is 1.63. The van der Waals surface area contributed by atoms with Gasteiger partial charge < -0.3 is 19.4 Å². The fraction of sp³-hybridized carbons (Fsp3) is 0.435. The minimum absolute atomic E-state index is 0.0821. The molecule has 1 N–H and O–H groups in total. The van der Waals surface area contributed by atoms with E-state index in [9.17, 15) is 14.9 Å². The largest absolute Gasteiger partial charge is 0.494 e. The highest BCUT2D eigenvalue weighted by atomic mass is 16.5. The number of nitrogens with zero attached hydrogens (tertiary/aromatic N) is 2. The predicted octanol–water partition coefficient (Wildman–Crippen LogP) is 4.17. The van der Waals surface area contributed by atoms with Gasteiger partial charge in [-0.05, 0) is 36.5 Å². The molecule has 1 aromatic heterocycles. The van der Waals surface area contributed by atoms with Gasteiger partial charge >= 0.3 is 5.97 Å². The van der Waals surface area contributed by atoms with Crippen LogP contribution >= 0.6 is 0 Å². The standard InChI is InChI=1S/C23H29N3O4/c1-6-29-22(28)21-20(16(14-24)15-26(21)5)25-19(27)8-7-13-30-18-11-9-17(10-12-18)23(2,3)4/h9-12,15H,6-8,13H2,1-5H3,(H,25,27). The topological polar surface area (TPSA) is 93.3 Å². The molecule has 160 valence electrons. The molecular weight excluding hydrogens is 382 g/mol. The highest BCUT2D eigenvalue weighted by Gasteiger charge is 2.23. The predicted molar refractivity (Wildman–Crippen MR) is 115 cm³/mol. The molecule has 2 rings (SSSR count). The van der Waals surface area contributed by atoms with E-state index in [4.69, 9.17) is 9.47 Å². The molecule has 0 saturated heterocycles. The molecule has 0 radical (unpaired) electrons. The number of hydrogen-bond donors (Lipinski definition) is 1. The monoisotopic (exact) mass is 411 g/mol. The van der Waals surface area contributed by atoms with E-state index in [1.807, 2.05) is 30.3 Å². The zero-order chi connectivity index (χ0) is 22.3. The van der Waals surface area contributed by atoms with Gasteiger partial charge in [0.25, 0.3) is 0 Å². The number of aryl methyl sites for hydroxylation is 1. The molecule has 0 aliphatic rings. The highest BCUT2D eigenvalue weighted by Crippen LogP contribution is 2.25. The van der Waals surface area contributed by atoms with Crippen molar-refractivity contribution < 1.29 is 19.1 Å². The van der Waals surface area contributed by atoms with Crippen molar-refractivity contribution in [2.45, 2.75) is 46.0 Å². The molecule has 0 spiro atoms. The molecule has 2 aromatic rings. The number of nitriles is 1. The van der Waals surface area contributed by atoms with Gasteiger partial charge in [-0.2, -0.15) is 5.26 Å². The van der Waals surface area contributed by atoms with E-state index in [0.717, 1.165) is 5.75 Å². The lowest BCUT2D eigenvalue weighted by Gasteiger charge is -2.19. The quantitative estimate of drug-likeness (QED) is 0.520. The molecule has 0 unspecified atom stereocenters. The summed E-state index contributed by atoms with van der Waals surface area (Å²) >= 11 is 0. The first-order valence-corrected chi connectivity index (χ1v) is 9.97.